The monoisotopic (exact) mass is 343 g/mol. The number of aliphatic imine (C=N–C) groups is 1. The van der Waals surface area contributed by atoms with Gasteiger partial charge in [0.2, 0.25) is 0 Å². The number of Topliss-reactive ketones (excluding diaryl/α,β-unsaturated/α-hetero) is 1. The predicted octanol–water partition coefficient (Wildman–Crippen LogP) is 3.57. The van der Waals surface area contributed by atoms with Gasteiger partial charge in [0.15, 0.2) is 11.7 Å². The van der Waals surface area contributed by atoms with Crippen molar-refractivity contribution in [1.82, 2.24) is 5.32 Å². The largest absolute Gasteiger partial charge is 0.370 e. The Kier molecular flexibility index (Phi) is 4.01. The molecule has 138 valence electrons. The first-order chi connectivity index (χ1) is 11.9. The van der Waals surface area contributed by atoms with Crippen molar-refractivity contribution in [3.63, 3.8) is 0 Å². The van der Waals surface area contributed by atoms with Crippen molar-refractivity contribution in [1.29, 1.82) is 0 Å². The zero-order valence-electron chi connectivity index (χ0n) is 16.0. The molecule has 2 bridgehead atoms. The van der Waals surface area contributed by atoms with E-state index in [9.17, 15) is 4.79 Å². The SMILES string of the molecule is CC1CCC2CC3=C(CCCC4CCN=C(N)N4)C(=O)CC31C2(C)C. The molecule has 1 heterocycles. The van der Waals surface area contributed by atoms with Crippen LogP contribution in [-0.4, -0.2) is 24.3 Å². The topological polar surface area (TPSA) is 67.5 Å². The normalized spacial score (nSPS) is 39.2. The van der Waals surface area contributed by atoms with Gasteiger partial charge >= 0.3 is 0 Å². The summed E-state index contributed by atoms with van der Waals surface area (Å²) >= 11 is 0. The van der Waals surface area contributed by atoms with Gasteiger partial charge in [-0.05, 0) is 67.8 Å². The molecule has 3 aliphatic carbocycles. The third-order valence-corrected chi connectivity index (χ3v) is 8.18. The Hall–Kier alpha value is -1.32. The number of nitrogens with one attached hydrogen (secondary N) is 1. The van der Waals surface area contributed by atoms with Crippen molar-refractivity contribution in [2.24, 2.45) is 33.4 Å². The maximum atomic E-state index is 12.9. The first-order valence-corrected chi connectivity index (χ1v) is 10.2. The number of fused-ring (bicyclic) bond motifs is 1. The van der Waals surface area contributed by atoms with Gasteiger partial charge in [-0.2, -0.15) is 0 Å². The second-order valence-electron chi connectivity index (χ2n) is 9.42. The number of nitrogens with zero attached hydrogens (tertiary/aromatic N) is 1. The van der Waals surface area contributed by atoms with Crippen LogP contribution in [0, 0.1) is 22.7 Å². The lowest BCUT2D eigenvalue weighted by Crippen LogP contribution is -2.45. The van der Waals surface area contributed by atoms with E-state index >= 15 is 0 Å². The first kappa shape index (κ1) is 17.1. The highest BCUT2D eigenvalue weighted by molar-refractivity contribution is 6.00. The maximum absolute atomic E-state index is 12.9. The third kappa shape index (κ3) is 2.39. The number of hydrogen-bond acceptors (Lipinski definition) is 4. The number of rotatable bonds is 4. The van der Waals surface area contributed by atoms with Crippen molar-refractivity contribution in [3.8, 4) is 0 Å². The summed E-state index contributed by atoms with van der Waals surface area (Å²) in [6, 6.07) is 0.423. The molecule has 0 saturated heterocycles. The van der Waals surface area contributed by atoms with Gasteiger partial charge in [-0.15, -0.1) is 0 Å². The summed E-state index contributed by atoms with van der Waals surface area (Å²) < 4.78 is 0. The minimum Gasteiger partial charge on any atom is -0.370 e. The van der Waals surface area contributed by atoms with E-state index in [1.165, 1.54) is 24.8 Å². The van der Waals surface area contributed by atoms with Gasteiger partial charge in [-0.1, -0.05) is 26.3 Å². The minimum atomic E-state index is 0.169. The zero-order chi connectivity index (χ0) is 17.8. The van der Waals surface area contributed by atoms with E-state index in [2.05, 4.69) is 31.1 Å². The van der Waals surface area contributed by atoms with E-state index in [1.807, 2.05) is 0 Å². The highest BCUT2D eigenvalue weighted by atomic mass is 16.1. The van der Waals surface area contributed by atoms with Gasteiger partial charge in [-0.3, -0.25) is 9.79 Å². The maximum Gasteiger partial charge on any atom is 0.188 e. The molecule has 25 heavy (non-hydrogen) atoms. The minimum absolute atomic E-state index is 0.169. The molecule has 1 spiro atoms. The number of hydrogen-bond donors (Lipinski definition) is 2. The lowest BCUT2D eigenvalue weighted by atomic mass is 9.53. The molecule has 4 unspecified atom stereocenters. The van der Waals surface area contributed by atoms with Crippen LogP contribution in [0.5, 0.6) is 0 Å². The Morgan fingerprint density at radius 1 is 1.28 bits per heavy atom. The van der Waals surface area contributed by atoms with Gasteiger partial charge in [0.25, 0.3) is 0 Å². The molecule has 0 radical (unpaired) electrons. The molecular formula is C21H33N3O. The van der Waals surface area contributed by atoms with Crippen molar-refractivity contribution in [2.75, 3.05) is 6.54 Å². The molecule has 3 N–H and O–H groups in total. The lowest BCUT2D eigenvalue weighted by molar-refractivity contribution is -0.119. The Morgan fingerprint density at radius 2 is 2.08 bits per heavy atom. The number of nitrogens with two attached hydrogens (primary N) is 1. The van der Waals surface area contributed by atoms with Crippen molar-refractivity contribution >= 4 is 11.7 Å². The summed E-state index contributed by atoms with van der Waals surface area (Å²) in [5, 5.41) is 3.28. The molecule has 2 saturated carbocycles. The zero-order valence-corrected chi connectivity index (χ0v) is 16.0. The van der Waals surface area contributed by atoms with E-state index in [4.69, 9.17) is 5.73 Å². The Bertz CT molecular complexity index is 648. The predicted molar refractivity (Wildman–Crippen MR) is 101 cm³/mol. The summed E-state index contributed by atoms with van der Waals surface area (Å²) in [6.07, 6.45) is 8.76. The Morgan fingerprint density at radius 3 is 2.84 bits per heavy atom. The summed E-state index contributed by atoms with van der Waals surface area (Å²) in [6.45, 7) is 8.09. The second-order valence-corrected chi connectivity index (χ2v) is 9.42. The fraction of sp³-hybridized carbons (Fsp3) is 0.810. The molecule has 0 aromatic heterocycles. The number of carbonyl (C=O) groups is 1. The quantitative estimate of drug-likeness (QED) is 0.820. The van der Waals surface area contributed by atoms with E-state index < -0.39 is 0 Å². The van der Waals surface area contributed by atoms with Crippen LogP contribution in [0.4, 0.5) is 0 Å². The van der Waals surface area contributed by atoms with Crippen molar-refractivity contribution in [3.05, 3.63) is 11.1 Å². The highest BCUT2D eigenvalue weighted by Gasteiger charge is 2.65. The van der Waals surface area contributed by atoms with Gasteiger partial charge in [0, 0.05) is 24.4 Å². The fourth-order valence-corrected chi connectivity index (χ4v) is 6.66. The fourth-order valence-electron chi connectivity index (χ4n) is 6.66. The standard InChI is InChI=1S/C21H33N3O/c1-13-7-8-14-11-17-16(18(25)12-21(13,17)20(14,2)3)6-4-5-15-9-10-23-19(22)24-15/h13-15H,4-12H2,1-3H3,(H3,22,23,24). The van der Waals surface area contributed by atoms with Crippen LogP contribution in [0.15, 0.2) is 16.1 Å². The molecule has 4 aliphatic rings. The van der Waals surface area contributed by atoms with Crippen LogP contribution >= 0.6 is 0 Å². The van der Waals surface area contributed by atoms with Crippen LogP contribution in [0.1, 0.15) is 72.1 Å². The molecule has 0 aromatic rings. The number of guanidine groups is 1. The molecule has 4 atom stereocenters. The van der Waals surface area contributed by atoms with Crippen LogP contribution < -0.4 is 11.1 Å². The number of ketones is 1. The van der Waals surface area contributed by atoms with E-state index in [0.29, 0.717) is 23.7 Å². The van der Waals surface area contributed by atoms with Gasteiger partial charge in [0.1, 0.15) is 0 Å². The van der Waals surface area contributed by atoms with E-state index in [0.717, 1.165) is 44.6 Å². The van der Waals surface area contributed by atoms with Crippen LogP contribution in [-0.2, 0) is 4.79 Å². The average molecular weight is 344 g/mol. The van der Waals surface area contributed by atoms with Gasteiger partial charge < -0.3 is 11.1 Å². The van der Waals surface area contributed by atoms with E-state index in [-0.39, 0.29) is 10.8 Å². The summed E-state index contributed by atoms with van der Waals surface area (Å²) in [7, 11) is 0. The Balaban J connectivity index is 1.51. The van der Waals surface area contributed by atoms with Gasteiger partial charge in [-0.25, -0.2) is 0 Å². The molecule has 4 heteroatoms. The average Bonchev–Trinajstić information content (AvgIpc) is 2.88. The molecule has 1 aliphatic heterocycles. The summed E-state index contributed by atoms with van der Waals surface area (Å²) in [5.41, 5.74) is 9.02. The first-order valence-electron chi connectivity index (χ1n) is 10.2. The summed E-state index contributed by atoms with van der Waals surface area (Å²) in [5.74, 6) is 2.45. The highest BCUT2D eigenvalue weighted by Crippen LogP contribution is 2.72. The van der Waals surface area contributed by atoms with Crippen molar-refractivity contribution < 1.29 is 4.79 Å². The van der Waals surface area contributed by atoms with E-state index in [1.54, 1.807) is 5.57 Å². The molecular weight excluding hydrogens is 310 g/mol. The molecule has 0 aromatic carbocycles. The molecule has 2 fully saturated rings. The number of carbonyl (C=O) groups excluding carboxylic acids is 1. The van der Waals surface area contributed by atoms with Crippen LogP contribution in [0.25, 0.3) is 0 Å². The molecule has 4 rings (SSSR count). The third-order valence-electron chi connectivity index (χ3n) is 8.18. The second kappa shape index (κ2) is 5.85. The molecule has 4 nitrogen and oxygen atoms in total. The number of allylic oxidation sites excluding steroid dienone is 2. The summed E-state index contributed by atoms with van der Waals surface area (Å²) in [4.78, 5) is 17.1. The van der Waals surface area contributed by atoms with Gasteiger partial charge in [0.05, 0.1) is 0 Å². The Labute approximate surface area is 151 Å². The van der Waals surface area contributed by atoms with Crippen LogP contribution in [0.3, 0.4) is 0 Å². The lowest BCUT2D eigenvalue weighted by Gasteiger charge is -2.51. The molecule has 0 amide bonds. The van der Waals surface area contributed by atoms with Crippen molar-refractivity contribution in [2.45, 2.75) is 78.2 Å². The smallest absolute Gasteiger partial charge is 0.188 e. The van der Waals surface area contributed by atoms with Crippen LogP contribution in [0.2, 0.25) is 0 Å².